The molecule has 0 spiro atoms. The number of carbonyl (C=O) groups excluding carboxylic acids is 1. The van der Waals surface area contributed by atoms with Gasteiger partial charge in [0.1, 0.15) is 0 Å². The van der Waals surface area contributed by atoms with Crippen LogP contribution in [0.1, 0.15) is 58.9 Å². The first-order chi connectivity index (χ1) is 12.5. The summed E-state index contributed by atoms with van der Waals surface area (Å²) in [5, 5.41) is 0. The molecule has 0 bridgehead atoms. The Kier molecular flexibility index (Phi) is 5.54. The van der Waals surface area contributed by atoms with Crippen LogP contribution in [-0.4, -0.2) is 42.5 Å². The van der Waals surface area contributed by atoms with Crippen molar-refractivity contribution in [3.8, 4) is 0 Å². The van der Waals surface area contributed by atoms with Crippen molar-refractivity contribution in [3.05, 3.63) is 29.8 Å². The van der Waals surface area contributed by atoms with Gasteiger partial charge in [0, 0.05) is 30.9 Å². The van der Waals surface area contributed by atoms with Crippen molar-refractivity contribution in [3.63, 3.8) is 0 Å². The number of benzene rings is 1. The Bertz CT molecular complexity index is 664. The fourth-order valence-electron chi connectivity index (χ4n) is 3.61. The van der Waals surface area contributed by atoms with E-state index in [0.717, 1.165) is 25.1 Å². The Labute approximate surface area is 157 Å². The van der Waals surface area contributed by atoms with E-state index in [0.29, 0.717) is 12.6 Å². The summed E-state index contributed by atoms with van der Waals surface area (Å²) >= 11 is 0. The lowest BCUT2D eigenvalue weighted by molar-refractivity contribution is -0.136. The summed E-state index contributed by atoms with van der Waals surface area (Å²) in [6.45, 7) is 10.7. The molecule has 5 heteroatoms. The fraction of sp³-hybridized carbons (Fsp3) is 0.619. The third-order valence-corrected chi connectivity index (χ3v) is 5.56. The summed E-state index contributed by atoms with van der Waals surface area (Å²) in [4.78, 5) is 21.7. The molecule has 1 aromatic rings. The van der Waals surface area contributed by atoms with E-state index in [4.69, 9.17) is 4.74 Å². The Morgan fingerprint density at radius 2 is 1.81 bits per heavy atom. The highest BCUT2D eigenvalue weighted by atomic mass is 16.5. The molecule has 0 saturated carbocycles. The van der Waals surface area contributed by atoms with Gasteiger partial charge in [0.2, 0.25) is 5.60 Å². The first kappa shape index (κ1) is 18.7. The molecular weight excluding hydrogens is 326 g/mol. The van der Waals surface area contributed by atoms with E-state index in [1.807, 2.05) is 32.9 Å². The minimum absolute atomic E-state index is 0.0345. The van der Waals surface area contributed by atoms with E-state index >= 15 is 0 Å². The summed E-state index contributed by atoms with van der Waals surface area (Å²) in [6, 6.07) is 8.87. The maximum atomic E-state index is 13.0. The van der Waals surface area contributed by atoms with E-state index in [-0.39, 0.29) is 11.9 Å². The molecule has 3 rings (SSSR count). The minimum atomic E-state index is -0.997. The number of hydrogen-bond donors (Lipinski definition) is 0. The highest BCUT2D eigenvalue weighted by Crippen LogP contribution is 2.35. The second kappa shape index (κ2) is 7.68. The monoisotopic (exact) mass is 357 g/mol. The van der Waals surface area contributed by atoms with Crippen molar-refractivity contribution in [1.29, 1.82) is 0 Å². The van der Waals surface area contributed by atoms with Crippen LogP contribution in [-0.2, 0) is 15.1 Å². The summed E-state index contributed by atoms with van der Waals surface area (Å²) < 4.78 is 6.12. The predicted octanol–water partition coefficient (Wildman–Crippen LogP) is 3.93. The van der Waals surface area contributed by atoms with Crippen LogP contribution in [0, 0.1) is 0 Å². The number of nitrogens with zero attached hydrogens (tertiary/aromatic N) is 3. The molecule has 1 aromatic carbocycles. The number of carbonyl (C=O) groups is 1. The molecule has 0 radical (unpaired) electrons. The molecule has 142 valence electrons. The Hall–Kier alpha value is -2.04. The van der Waals surface area contributed by atoms with Gasteiger partial charge in [-0.2, -0.15) is 0 Å². The van der Waals surface area contributed by atoms with Crippen LogP contribution >= 0.6 is 0 Å². The summed E-state index contributed by atoms with van der Waals surface area (Å²) in [5.74, 6) is -0.0345. The number of hydrogen-bond acceptors (Lipinski definition) is 4. The number of amides is 1. The lowest BCUT2D eigenvalue weighted by Crippen LogP contribution is -2.37. The third-order valence-electron chi connectivity index (χ3n) is 5.56. The van der Waals surface area contributed by atoms with Gasteiger partial charge in [-0.1, -0.05) is 19.1 Å². The van der Waals surface area contributed by atoms with E-state index < -0.39 is 5.60 Å². The molecule has 2 fully saturated rings. The van der Waals surface area contributed by atoms with Crippen LogP contribution in [0.5, 0.6) is 0 Å². The number of anilines is 1. The summed E-state index contributed by atoms with van der Waals surface area (Å²) in [6.07, 6.45) is 4.74. The van der Waals surface area contributed by atoms with Crippen molar-refractivity contribution in [2.24, 2.45) is 4.99 Å². The fourth-order valence-corrected chi connectivity index (χ4v) is 3.61. The van der Waals surface area contributed by atoms with Crippen molar-refractivity contribution in [1.82, 2.24) is 4.90 Å². The summed E-state index contributed by atoms with van der Waals surface area (Å²) in [7, 11) is 0. The maximum Gasteiger partial charge on any atom is 0.295 e. The zero-order chi connectivity index (χ0) is 18.7. The number of aliphatic imine (C=N–C) groups is 1. The van der Waals surface area contributed by atoms with Gasteiger partial charge >= 0.3 is 0 Å². The van der Waals surface area contributed by atoms with E-state index in [1.165, 1.54) is 24.9 Å². The highest BCUT2D eigenvalue weighted by Gasteiger charge is 2.50. The number of piperidine rings is 1. The van der Waals surface area contributed by atoms with Crippen LogP contribution < -0.4 is 4.90 Å². The van der Waals surface area contributed by atoms with Crippen molar-refractivity contribution in [2.75, 3.05) is 24.5 Å². The van der Waals surface area contributed by atoms with E-state index in [1.54, 1.807) is 4.90 Å². The normalized spacial score (nSPS) is 26.3. The van der Waals surface area contributed by atoms with Gasteiger partial charge in [0.05, 0.1) is 6.04 Å². The van der Waals surface area contributed by atoms with Crippen molar-refractivity contribution in [2.45, 2.75) is 65.0 Å². The third kappa shape index (κ3) is 3.44. The molecule has 2 saturated heterocycles. The molecule has 1 amide bonds. The van der Waals surface area contributed by atoms with Crippen molar-refractivity contribution >= 4 is 17.6 Å². The van der Waals surface area contributed by atoms with Gasteiger partial charge in [-0.15, -0.1) is 0 Å². The van der Waals surface area contributed by atoms with Gasteiger partial charge in [-0.25, -0.2) is 4.99 Å². The van der Waals surface area contributed by atoms with Gasteiger partial charge in [-0.05, 0) is 58.6 Å². The first-order valence-corrected chi connectivity index (χ1v) is 9.93. The lowest BCUT2D eigenvalue weighted by atomic mass is 9.94. The standard InChI is InChI=1S/C21H31N3O2/c1-5-16(3)22-20-24(6-2)19(25)21(4,26-20)17-10-12-18(13-11-17)23-14-8-7-9-15-23/h10-13,16H,5-9,14-15H2,1-4H3/b22-20+. The van der Waals surface area contributed by atoms with Gasteiger partial charge < -0.3 is 9.64 Å². The second-order valence-corrected chi connectivity index (χ2v) is 7.45. The SMILES string of the molecule is CCC(C)/N=C1/OC(C)(c2ccc(N3CCCCC3)cc2)C(=O)N1CC. The number of likely N-dealkylation sites (N-methyl/N-ethyl adjacent to an activating group) is 1. The van der Waals surface area contributed by atoms with Crippen LogP contribution in [0.4, 0.5) is 5.69 Å². The molecule has 2 aliphatic heterocycles. The Morgan fingerprint density at radius 3 is 2.38 bits per heavy atom. The van der Waals surface area contributed by atoms with Crippen LogP contribution in [0.3, 0.4) is 0 Å². The molecule has 5 nitrogen and oxygen atoms in total. The zero-order valence-corrected chi connectivity index (χ0v) is 16.5. The molecule has 0 aliphatic carbocycles. The molecule has 2 heterocycles. The van der Waals surface area contributed by atoms with Crippen LogP contribution in [0.15, 0.2) is 29.3 Å². The number of ether oxygens (including phenoxy) is 1. The average Bonchev–Trinajstić information content (AvgIpc) is 2.93. The predicted molar refractivity (Wildman–Crippen MR) is 106 cm³/mol. The largest absolute Gasteiger partial charge is 0.443 e. The van der Waals surface area contributed by atoms with Crippen LogP contribution in [0.2, 0.25) is 0 Å². The first-order valence-electron chi connectivity index (χ1n) is 9.93. The molecular formula is C21H31N3O2. The van der Waals surface area contributed by atoms with E-state index in [2.05, 4.69) is 28.9 Å². The quantitative estimate of drug-likeness (QED) is 0.802. The smallest absolute Gasteiger partial charge is 0.295 e. The average molecular weight is 357 g/mol. The number of amidine groups is 1. The lowest BCUT2D eigenvalue weighted by Gasteiger charge is -2.29. The topological polar surface area (TPSA) is 45.1 Å². The van der Waals surface area contributed by atoms with Crippen LogP contribution in [0.25, 0.3) is 0 Å². The summed E-state index contributed by atoms with van der Waals surface area (Å²) in [5.41, 5.74) is 1.11. The molecule has 2 atom stereocenters. The minimum Gasteiger partial charge on any atom is -0.443 e. The zero-order valence-electron chi connectivity index (χ0n) is 16.5. The van der Waals surface area contributed by atoms with Gasteiger partial charge in [-0.3, -0.25) is 9.69 Å². The molecule has 0 N–H and O–H groups in total. The Morgan fingerprint density at radius 1 is 1.15 bits per heavy atom. The highest BCUT2D eigenvalue weighted by molar-refractivity contribution is 6.05. The van der Waals surface area contributed by atoms with Crippen molar-refractivity contribution < 1.29 is 9.53 Å². The van der Waals surface area contributed by atoms with Gasteiger partial charge in [0.15, 0.2) is 0 Å². The molecule has 2 unspecified atom stereocenters. The Balaban J connectivity index is 1.85. The maximum absolute atomic E-state index is 13.0. The van der Waals surface area contributed by atoms with E-state index in [9.17, 15) is 4.79 Å². The van der Waals surface area contributed by atoms with Gasteiger partial charge in [0.25, 0.3) is 11.9 Å². The molecule has 0 aromatic heterocycles. The molecule has 26 heavy (non-hydrogen) atoms. The number of rotatable bonds is 5. The molecule has 2 aliphatic rings. The second-order valence-electron chi connectivity index (χ2n) is 7.45.